The van der Waals surface area contributed by atoms with E-state index in [2.05, 4.69) is 24.0 Å². The van der Waals surface area contributed by atoms with E-state index < -0.39 is 0 Å². The molecule has 0 radical (unpaired) electrons. The molecule has 0 aromatic heterocycles. The first-order valence-electron chi connectivity index (χ1n) is 6.36. The molecule has 2 heteroatoms. The fraction of sp³-hybridized carbons (Fsp3) is 0.571. The topological polar surface area (TPSA) is 29.3 Å². The van der Waals surface area contributed by atoms with E-state index in [0.717, 1.165) is 11.6 Å². The van der Waals surface area contributed by atoms with Gasteiger partial charge in [0.15, 0.2) is 0 Å². The molecule has 0 aliphatic carbocycles. The minimum atomic E-state index is 0.846. The van der Waals surface area contributed by atoms with Crippen LogP contribution in [0.2, 0.25) is 0 Å². The van der Waals surface area contributed by atoms with E-state index in [-0.39, 0.29) is 0 Å². The zero-order valence-electron chi connectivity index (χ0n) is 10.7. The van der Waals surface area contributed by atoms with Crippen LogP contribution in [0, 0.1) is 5.92 Å². The average Bonchev–Trinajstić information content (AvgIpc) is 2.34. The maximum atomic E-state index is 5.66. The molecule has 2 N–H and O–H groups in total. The van der Waals surface area contributed by atoms with Gasteiger partial charge >= 0.3 is 0 Å². The summed E-state index contributed by atoms with van der Waals surface area (Å²) in [6.45, 7) is 8.70. The largest absolute Gasteiger partial charge is 0.399 e. The quantitative estimate of drug-likeness (QED) is 0.734. The number of rotatable bonds is 1. The predicted octanol–water partition coefficient (Wildman–Crippen LogP) is 3.53. The monoisotopic (exact) mass is 220 g/mol. The lowest BCUT2D eigenvalue weighted by Gasteiger charge is -2.32. The van der Waals surface area contributed by atoms with Crippen LogP contribution in [0.3, 0.4) is 0 Å². The number of piperidine rings is 1. The number of nitrogens with zero attached hydrogens (tertiary/aromatic N) is 1. The van der Waals surface area contributed by atoms with Crippen molar-refractivity contribution in [1.82, 2.24) is 0 Å². The number of hydrogen-bond acceptors (Lipinski definition) is 2. The molecular formula is C14H24N2. The molecule has 1 saturated heterocycles. The van der Waals surface area contributed by atoms with Gasteiger partial charge in [-0.05, 0) is 43.0 Å². The van der Waals surface area contributed by atoms with E-state index in [9.17, 15) is 0 Å². The van der Waals surface area contributed by atoms with E-state index in [1.807, 2.05) is 26.0 Å². The van der Waals surface area contributed by atoms with Crippen LogP contribution in [-0.4, -0.2) is 13.1 Å². The summed E-state index contributed by atoms with van der Waals surface area (Å²) in [4.78, 5) is 2.44. The van der Waals surface area contributed by atoms with Crippen LogP contribution in [0.5, 0.6) is 0 Å². The normalized spacial score (nSPS) is 16.6. The van der Waals surface area contributed by atoms with E-state index in [0.29, 0.717) is 0 Å². The average molecular weight is 220 g/mol. The molecule has 2 rings (SSSR count). The van der Waals surface area contributed by atoms with Crippen molar-refractivity contribution in [2.75, 3.05) is 23.7 Å². The summed E-state index contributed by atoms with van der Waals surface area (Å²) in [6.07, 6.45) is 2.62. The molecule has 16 heavy (non-hydrogen) atoms. The molecule has 1 aliphatic heterocycles. The Bertz CT molecular complexity index is 284. The molecule has 0 unspecified atom stereocenters. The third-order valence-corrected chi connectivity index (χ3v) is 3.04. The standard InChI is InChI=1S/C12H18N2.C2H6/c1-10-6-8-14(9-7-10)12-4-2-11(13)3-5-12;1-2/h2-5,10H,6-9,13H2,1H3;1-2H3. The van der Waals surface area contributed by atoms with Crippen LogP contribution in [0.1, 0.15) is 33.6 Å². The van der Waals surface area contributed by atoms with Gasteiger partial charge in [0.25, 0.3) is 0 Å². The summed E-state index contributed by atoms with van der Waals surface area (Å²) in [6, 6.07) is 8.19. The Labute approximate surface area is 99.5 Å². The molecule has 1 heterocycles. The highest BCUT2D eigenvalue weighted by Crippen LogP contribution is 2.23. The van der Waals surface area contributed by atoms with Crippen molar-refractivity contribution in [2.24, 2.45) is 5.92 Å². The van der Waals surface area contributed by atoms with E-state index in [1.165, 1.54) is 31.6 Å². The highest BCUT2D eigenvalue weighted by Gasteiger charge is 2.15. The molecule has 1 aliphatic rings. The number of nitrogens with two attached hydrogens (primary N) is 1. The van der Waals surface area contributed by atoms with Gasteiger partial charge in [0.1, 0.15) is 0 Å². The van der Waals surface area contributed by atoms with Crippen LogP contribution in [-0.2, 0) is 0 Å². The Kier molecular flexibility index (Phi) is 5.17. The Morgan fingerprint density at radius 2 is 1.56 bits per heavy atom. The zero-order chi connectivity index (χ0) is 12.0. The summed E-state index contributed by atoms with van der Waals surface area (Å²) in [5.74, 6) is 0.889. The summed E-state index contributed by atoms with van der Waals surface area (Å²) >= 11 is 0. The summed E-state index contributed by atoms with van der Waals surface area (Å²) in [5, 5.41) is 0. The van der Waals surface area contributed by atoms with Crippen LogP contribution in [0.4, 0.5) is 11.4 Å². The van der Waals surface area contributed by atoms with Gasteiger partial charge in [0.2, 0.25) is 0 Å². The minimum Gasteiger partial charge on any atom is -0.399 e. The van der Waals surface area contributed by atoms with Crippen molar-refractivity contribution in [2.45, 2.75) is 33.6 Å². The van der Waals surface area contributed by atoms with Crippen molar-refractivity contribution in [3.05, 3.63) is 24.3 Å². The van der Waals surface area contributed by atoms with Gasteiger partial charge < -0.3 is 10.6 Å². The fourth-order valence-electron chi connectivity index (χ4n) is 1.95. The first kappa shape index (κ1) is 12.9. The Hall–Kier alpha value is -1.18. The van der Waals surface area contributed by atoms with Gasteiger partial charge in [0, 0.05) is 24.5 Å². The van der Waals surface area contributed by atoms with E-state index in [1.54, 1.807) is 0 Å². The van der Waals surface area contributed by atoms with Gasteiger partial charge in [-0.3, -0.25) is 0 Å². The first-order chi connectivity index (χ1) is 7.75. The maximum Gasteiger partial charge on any atom is 0.0367 e. The second kappa shape index (κ2) is 6.41. The smallest absolute Gasteiger partial charge is 0.0367 e. The lowest BCUT2D eigenvalue weighted by atomic mass is 9.99. The Balaban J connectivity index is 0.000000606. The first-order valence-corrected chi connectivity index (χ1v) is 6.36. The molecule has 1 aromatic rings. The molecule has 1 aromatic carbocycles. The molecular weight excluding hydrogens is 196 g/mol. The SMILES string of the molecule is CC.CC1CCN(c2ccc(N)cc2)CC1. The molecule has 0 bridgehead atoms. The van der Waals surface area contributed by atoms with Crippen LogP contribution in [0.15, 0.2) is 24.3 Å². The third kappa shape index (κ3) is 3.44. The van der Waals surface area contributed by atoms with E-state index in [4.69, 9.17) is 5.73 Å². The second-order valence-corrected chi connectivity index (χ2v) is 4.26. The van der Waals surface area contributed by atoms with Gasteiger partial charge in [-0.25, -0.2) is 0 Å². The molecule has 0 amide bonds. The zero-order valence-corrected chi connectivity index (χ0v) is 10.7. The number of hydrogen-bond donors (Lipinski definition) is 1. The summed E-state index contributed by atoms with van der Waals surface area (Å²) in [5.41, 5.74) is 7.82. The van der Waals surface area contributed by atoms with Crippen LogP contribution in [0.25, 0.3) is 0 Å². The molecule has 0 spiro atoms. The van der Waals surface area contributed by atoms with Gasteiger partial charge in [0.05, 0.1) is 0 Å². The van der Waals surface area contributed by atoms with Crippen molar-refractivity contribution in [3.8, 4) is 0 Å². The maximum absolute atomic E-state index is 5.66. The molecule has 1 fully saturated rings. The van der Waals surface area contributed by atoms with Crippen molar-refractivity contribution >= 4 is 11.4 Å². The van der Waals surface area contributed by atoms with Crippen molar-refractivity contribution in [3.63, 3.8) is 0 Å². The summed E-state index contributed by atoms with van der Waals surface area (Å²) < 4.78 is 0. The third-order valence-electron chi connectivity index (χ3n) is 3.04. The lowest BCUT2D eigenvalue weighted by Crippen LogP contribution is -2.32. The second-order valence-electron chi connectivity index (χ2n) is 4.26. The van der Waals surface area contributed by atoms with E-state index >= 15 is 0 Å². The number of nitrogen functional groups attached to an aromatic ring is 1. The molecule has 2 nitrogen and oxygen atoms in total. The Morgan fingerprint density at radius 1 is 1.06 bits per heavy atom. The Morgan fingerprint density at radius 3 is 2.06 bits per heavy atom. The van der Waals surface area contributed by atoms with Crippen LogP contribution >= 0.6 is 0 Å². The highest BCUT2D eigenvalue weighted by molar-refractivity contribution is 5.53. The van der Waals surface area contributed by atoms with Gasteiger partial charge in [-0.15, -0.1) is 0 Å². The molecule has 90 valence electrons. The molecule has 0 atom stereocenters. The van der Waals surface area contributed by atoms with Crippen molar-refractivity contribution in [1.29, 1.82) is 0 Å². The molecule has 0 saturated carbocycles. The van der Waals surface area contributed by atoms with Crippen molar-refractivity contribution < 1.29 is 0 Å². The predicted molar refractivity (Wildman–Crippen MR) is 72.8 cm³/mol. The van der Waals surface area contributed by atoms with Gasteiger partial charge in [-0.2, -0.15) is 0 Å². The van der Waals surface area contributed by atoms with Crippen LogP contribution < -0.4 is 10.6 Å². The van der Waals surface area contributed by atoms with Gasteiger partial charge in [-0.1, -0.05) is 20.8 Å². The highest BCUT2D eigenvalue weighted by atomic mass is 15.1. The number of anilines is 2. The number of benzene rings is 1. The summed E-state index contributed by atoms with van der Waals surface area (Å²) in [7, 11) is 0. The minimum absolute atomic E-state index is 0.846. The lowest BCUT2D eigenvalue weighted by molar-refractivity contribution is 0.438. The fourth-order valence-corrected chi connectivity index (χ4v) is 1.95.